The highest BCUT2D eigenvalue weighted by molar-refractivity contribution is 5.80. The molecule has 124 valence electrons. The van der Waals surface area contributed by atoms with Crippen LogP contribution in [0.4, 0.5) is 0 Å². The molecule has 0 radical (unpaired) electrons. The van der Waals surface area contributed by atoms with Gasteiger partial charge in [0.25, 0.3) is 0 Å². The number of hydrogen-bond acceptors (Lipinski definition) is 3. The van der Waals surface area contributed by atoms with Crippen LogP contribution in [0.1, 0.15) is 51.4 Å². The van der Waals surface area contributed by atoms with Crippen LogP contribution in [0.15, 0.2) is 0 Å². The quantitative estimate of drug-likeness (QED) is 0.726. The zero-order chi connectivity index (χ0) is 15.9. The largest absolute Gasteiger partial charge is 0.481 e. The second kappa shape index (κ2) is 8.15. The molecule has 1 aliphatic heterocycles. The zero-order valence-corrected chi connectivity index (χ0v) is 13.1. The monoisotopic (exact) mass is 310 g/mol. The van der Waals surface area contributed by atoms with Gasteiger partial charge in [-0.05, 0) is 38.5 Å². The Balaban J connectivity index is 1.63. The number of likely N-dealkylation sites (tertiary alicyclic amines) is 1. The van der Waals surface area contributed by atoms with Gasteiger partial charge in [0.15, 0.2) is 0 Å². The van der Waals surface area contributed by atoms with Gasteiger partial charge in [0, 0.05) is 32.0 Å². The molecule has 6 heteroatoms. The fourth-order valence-electron chi connectivity index (χ4n) is 3.34. The Morgan fingerprint density at radius 3 is 2.68 bits per heavy atom. The molecule has 0 spiro atoms. The lowest BCUT2D eigenvalue weighted by Gasteiger charge is -2.20. The van der Waals surface area contributed by atoms with E-state index in [1.54, 1.807) is 0 Å². The molecule has 2 N–H and O–H groups in total. The summed E-state index contributed by atoms with van der Waals surface area (Å²) in [7, 11) is 0. The van der Waals surface area contributed by atoms with E-state index in [-0.39, 0.29) is 23.7 Å². The Morgan fingerprint density at radius 2 is 1.95 bits per heavy atom. The molecule has 0 aromatic rings. The summed E-state index contributed by atoms with van der Waals surface area (Å²) in [6.07, 6.45) is 6.27. The highest BCUT2D eigenvalue weighted by Gasteiger charge is 2.33. The molecule has 1 aliphatic carbocycles. The number of carbonyl (C=O) groups excluding carboxylic acids is 2. The summed E-state index contributed by atoms with van der Waals surface area (Å²) in [5.74, 6) is -1.14. The van der Waals surface area contributed by atoms with E-state index in [4.69, 9.17) is 5.11 Å². The summed E-state index contributed by atoms with van der Waals surface area (Å²) in [5.41, 5.74) is 0. The minimum Gasteiger partial charge on any atom is -0.481 e. The van der Waals surface area contributed by atoms with Gasteiger partial charge in [0.1, 0.15) is 0 Å². The Morgan fingerprint density at radius 1 is 1.18 bits per heavy atom. The van der Waals surface area contributed by atoms with Crippen LogP contribution >= 0.6 is 0 Å². The number of nitrogens with one attached hydrogen (secondary N) is 1. The molecule has 1 saturated heterocycles. The maximum atomic E-state index is 12.0. The van der Waals surface area contributed by atoms with Crippen molar-refractivity contribution in [2.24, 2.45) is 11.8 Å². The number of hydrogen-bond donors (Lipinski definition) is 2. The number of carbonyl (C=O) groups is 3. The normalized spacial score (nSPS) is 25.8. The van der Waals surface area contributed by atoms with Crippen LogP contribution < -0.4 is 5.32 Å². The second-order valence-corrected chi connectivity index (χ2v) is 6.38. The second-order valence-electron chi connectivity index (χ2n) is 6.38. The number of nitrogens with zero attached hydrogens (tertiary/aromatic N) is 1. The maximum absolute atomic E-state index is 12.0. The van der Waals surface area contributed by atoms with Crippen molar-refractivity contribution in [3.63, 3.8) is 0 Å². The van der Waals surface area contributed by atoms with Gasteiger partial charge in [0.05, 0.1) is 5.92 Å². The molecule has 0 bridgehead atoms. The molecule has 2 atom stereocenters. The van der Waals surface area contributed by atoms with Gasteiger partial charge in [0.2, 0.25) is 11.8 Å². The molecular formula is C16H26N2O4. The molecule has 0 unspecified atom stereocenters. The molecule has 1 saturated carbocycles. The summed E-state index contributed by atoms with van der Waals surface area (Å²) < 4.78 is 0. The average Bonchev–Trinajstić information content (AvgIpc) is 2.90. The SMILES string of the molecule is O=C(O)[C@@H]1CC[C@H](C(=O)NCCCN2CCCCCC2=O)C1. The van der Waals surface area contributed by atoms with Crippen LogP contribution in [-0.4, -0.2) is 47.4 Å². The minimum atomic E-state index is -0.796. The van der Waals surface area contributed by atoms with Crippen molar-refractivity contribution in [3.8, 4) is 0 Å². The Labute approximate surface area is 131 Å². The third kappa shape index (κ3) is 4.71. The van der Waals surface area contributed by atoms with Crippen LogP contribution in [0.3, 0.4) is 0 Å². The molecule has 2 amide bonds. The first kappa shape index (κ1) is 16.8. The number of carboxylic acids is 1. The van der Waals surface area contributed by atoms with Crippen LogP contribution in [0.5, 0.6) is 0 Å². The molecule has 0 aromatic carbocycles. The van der Waals surface area contributed by atoms with E-state index in [2.05, 4.69) is 5.32 Å². The molecule has 1 heterocycles. The summed E-state index contributed by atoms with van der Waals surface area (Å²) in [6, 6.07) is 0. The lowest BCUT2D eigenvalue weighted by Crippen LogP contribution is -2.35. The first-order valence-corrected chi connectivity index (χ1v) is 8.36. The van der Waals surface area contributed by atoms with Gasteiger partial charge < -0.3 is 15.3 Å². The van der Waals surface area contributed by atoms with E-state index in [9.17, 15) is 14.4 Å². The Hall–Kier alpha value is -1.59. The van der Waals surface area contributed by atoms with Crippen molar-refractivity contribution in [1.82, 2.24) is 10.2 Å². The van der Waals surface area contributed by atoms with Gasteiger partial charge in [-0.3, -0.25) is 14.4 Å². The highest BCUT2D eigenvalue weighted by atomic mass is 16.4. The van der Waals surface area contributed by atoms with Crippen molar-refractivity contribution in [2.75, 3.05) is 19.6 Å². The van der Waals surface area contributed by atoms with E-state index in [1.165, 1.54) is 0 Å². The smallest absolute Gasteiger partial charge is 0.306 e. The number of aliphatic carboxylic acids is 1. The standard InChI is InChI=1S/C16H26N2O4/c19-14-5-2-1-3-9-18(14)10-4-8-17-15(20)12-6-7-13(11-12)16(21)22/h12-13H,1-11H2,(H,17,20)(H,21,22)/t12-,13+/m0/s1. The van der Waals surface area contributed by atoms with E-state index in [0.717, 1.165) is 32.2 Å². The van der Waals surface area contributed by atoms with Crippen molar-refractivity contribution in [2.45, 2.75) is 51.4 Å². The molecule has 6 nitrogen and oxygen atoms in total. The topological polar surface area (TPSA) is 86.7 Å². The minimum absolute atomic E-state index is 0.0362. The molecule has 2 aliphatic rings. The van der Waals surface area contributed by atoms with Gasteiger partial charge in [-0.2, -0.15) is 0 Å². The average molecular weight is 310 g/mol. The van der Waals surface area contributed by atoms with E-state index < -0.39 is 5.97 Å². The Kier molecular flexibility index (Phi) is 6.21. The maximum Gasteiger partial charge on any atom is 0.306 e. The number of carboxylic acid groups (broad SMARTS) is 1. The zero-order valence-electron chi connectivity index (χ0n) is 13.1. The first-order valence-electron chi connectivity index (χ1n) is 8.36. The third-order valence-electron chi connectivity index (χ3n) is 4.73. The molecule has 0 aromatic heterocycles. The third-order valence-corrected chi connectivity index (χ3v) is 4.73. The van der Waals surface area contributed by atoms with Crippen LogP contribution in [0, 0.1) is 11.8 Å². The fourth-order valence-corrected chi connectivity index (χ4v) is 3.34. The van der Waals surface area contributed by atoms with Gasteiger partial charge in [-0.1, -0.05) is 6.42 Å². The number of rotatable bonds is 6. The number of amides is 2. The van der Waals surface area contributed by atoms with Crippen LogP contribution in [0.25, 0.3) is 0 Å². The molecule has 2 fully saturated rings. The summed E-state index contributed by atoms with van der Waals surface area (Å²) in [5, 5.41) is 11.8. The molecular weight excluding hydrogens is 284 g/mol. The van der Waals surface area contributed by atoms with Crippen molar-refractivity contribution < 1.29 is 19.5 Å². The van der Waals surface area contributed by atoms with E-state index in [0.29, 0.717) is 38.8 Å². The van der Waals surface area contributed by atoms with Crippen LogP contribution in [0.2, 0.25) is 0 Å². The predicted molar refractivity (Wildman–Crippen MR) is 81.1 cm³/mol. The van der Waals surface area contributed by atoms with Gasteiger partial charge in [-0.25, -0.2) is 0 Å². The fraction of sp³-hybridized carbons (Fsp3) is 0.812. The van der Waals surface area contributed by atoms with Crippen LogP contribution in [-0.2, 0) is 14.4 Å². The lowest BCUT2D eigenvalue weighted by molar-refractivity contribution is -0.141. The van der Waals surface area contributed by atoms with Crippen molar-refractivity contribution in [1.29, 1.82) is 0 Å². The summed E-state index contributed by atoms with van der Waals surface area (Å²) in [4.78, 5) is 36.6. The van der Waals surface area contributed by atoms with Gasteiger partial charge >= 0.3 is 5.97 Å². The molecule has 22 heavy (non-hydrogen) atoms. The van der Waals surface area contributed by atoms with E-state index in [1.807, 2.05) is 4.90 Å². The van der Waals surface area contributed by atoms with E-state index >= 15 is 0 Å². The predicted octanol–water partition coefficient (Wildman–Crippen LogP) is 1.40. The van der Waals surface area contributed by atoms with Gasteiger partial charge in [-0.15, -0.1) is 0 Å². The molecule has 2 rings (SSSR count). The highest BCUT2D eigenvalue weighted by Crippen LogP contribution is 2.31. The Bertz CT molecular complexity index is 424. The summed E-state index contributed by atoms with van der Waals surface area (Å²) in [6.45, 7) is 2.08. The lowest BCUT2D eigenvalue weighted by atomic mass is 10.0. The van der Waals surface area contributed by atoms with Crippen molar-refractivity contribution in [3.05, 3.63) is 0 Å². The first-order chi connectivity index (χ1) is 10.6. The van der Waals surface area contributed by atoms with Crippen molar-refractivity contribution >= 4 is 17.8 Å². The summed E-state index contributed by atoms with van der Waals surface area (Å²) >= 11 is 0.